The number of anilines is 1. The lowest BCUT2D eigenvalue weighted by Gasteiger charge is -2.27. The Bertz CT molecular complexity index is 384. The standard InChI is InChI=1S/C15H23FN2/c1-12(17-2)15-13(16)8-7-9-14(15)18-10-5-3-4-6-11-18/h7-9,12,17H,3-6,10-11H2,1-2H3. The van der Waals surface area contributed by atoms with Crippen molar-refractivity contribution in [2.24, 2.45) is 0 Å². The van der Waals surface area contributed by atoms with Gasteiger partial charge in [0.05, 0.1) is 0 Å². The predicted octanol–water partition coefficient (Wildman–Crippen LogP) is 3.49. The maximum atomic E-state index is 14.1. The van der Waals surface area contributed by atoms with E-state index in [1.165, 1.54) is 25.7 Å². The highest BCUT2D eigenvalue weighted by molar-refractivity contribution is 5.55. The van der Waals surface area contributed by atoms with Crippen molar-refractivity contribution in [3.8, 4) is 0 Å². The van der Waals surface area contributed by atoms with Gasteiger partial charge in [-0.2, -0.15) is 0 Å². The van der Waals surface area contributed by atoms with Crippen LogP contribution in [0.4, 0.5) is 10.1 Å². The smallest absolute Gasteiger partial charge is 0.130 e. The van der Waals surface area contributed by atoms with Crippen LogP contribution in [0.3, 0.4) is 0 Å². The first-order chi connectivity index (χ1) is 8.74. The zero-order valence-corrected chi connectivity index (χ0v) is 11.4. The first-order valence-corrected chi connectivity index (χ1v) is 6.94. The second-order valence-corrected chi connectivity index (χ2v) is 5.08. The Labute approximate surface area is 109 Å². The van der Waals surface area contributed by atoms with Crippen LogP contribution < -0.4 is 10.2 Å². The molecule has 1 heterocycles. The lowest BCUT2D eigenvalue weighted by molar-refractivity contribution is 0.559. The summed E-state index contributed by atoms with van der Waals surface area (Å²) in [4.78, 5) is 2.35. The van der Waals surface area contributed by atoms with E-state index in [1.54, 1.807) is 6.07 Å². The van der Waals surface area contributed by atoms with Crippen molar-refractivity contribution in [1.82, 2.24) is 5.32 Å². The molecule has 0 saturated carbocycles. The van der Waals surface area contributed by atoms with Crippen molar-refractivity contribution in [1.29, 1.82) is 0 Å². The van der Waals surface area contributed by atoms with Gasteiger partial charge in [0.25, 0.3) is 0 Å². The number of benzene rings is 1. The van der Waals surface area contributed by atoms with E-state index in [4.69, 9.17) is 0 Å². The molecular formula is C15H23FN2. The Hall–Kier alpha value is -1.09. The van der Waals surface area contributed by atoms with Gasteiger partial charge >= 0.3 is 0 Å². The molecule has 0 aromatic heterocycles. The molecule has 1 N–H and O–H groups in total. The monoisotopic (exact) mass is 250 g/mol. The molecule has 1 aliphatic rings. The van der Waals surface area contributed by atoms with Crippen molar-refractivity contribution >= 4 is 5.69 Å². The Morgan fingerprint density at radius 1 is 1.17 bits per heavy atom. The Kier molecular flexibility index (Phi) is 4.59. The molecule has 0 bridgehead atoms. The molecule has 2 rings (SSSR count). The summed E-state index contributed by atoms with van der Waals surface area (Å²) in [6, 6.07) is 5.48. The first-order valence-electron chi connectivity index (χ1n) is 6.94. The van der Waals surface area contributed by atoms with Crippen LogP contribution in [0.25, 0.3) is 0 Å². The van der Waals surface area contributed by atoms with E-state index < -0.39 is 0 Å². The summed E-state index contributed by atoms with van der Waals surface area (Å²) in [6.07, 6.45) is 5.01. The van der Waals surface area contributed by atoms with Crippen LogP contribution in [-0.2, 0) is 0 Å². The average Bonchev–Trinajstić information content (AvgIpc) is 2.66. The fourth-order valence-electron chi connectivity index (χ4n) is 2.69. The molecule has 0 spiro atoms. The molecule has 0 radical (unpaired) electrons. The summed E-state index contributed by atoms with van der Waals surface area (Å²) in [5, 5.41) is 3.15. The predicted molar refractivity (Wildman–Crippen MR) is 74.6 cm³/mol. The summed E-state index contributed by atoms with van der Waals surface area (Å²) in [5.74, 6) is -0.0985. The Morgan fingerprint density at radius 2 is 1.83 bits per heavy atom. The van der Waals surface area contributed by atoms with Crippen LogP contribution in [0.1, 0.15) is 44.2 Å². The van der Waals surface area contributed by atoms with Crippen molar-refractivity contribution < 1.29 is 4.39 Å². The average molecular weight is 250 g/mol. The number of halogens is 1. The highest BCUT2D eigenvalue weighted by Crippen LogP contribution is 2.30. The summed E-state index contributed by atoms with van der Waals surface area (Å²) in [5.41, 5.74) is 1.88. The van der Waals surface area contributed by atoms with E-state index >= 15 is 0 Å². The number of rotatable bonds is 3. The molecule has 18 heavy (non-hydrogen) atoms. The molecule has 100 valence electrons. The van der Waals surface area contributed by atoms with E-state index in [9.17, 15) is 4.39 Å². The molecular weight excluding hydrogens is 227 g/mol. The van der Waals surface area contributed by atoms with Crippen LogP contribution in [0, 0.1) is 5.82 Å². The normalized spacial score (nSPS) is 18.5. The highest BCUT2D eigenvalue weighted by Gasteiger charge is 2.19. The summed E-state index contributed by atoms with van der Waals surface area (Å²) in [6.45, 7) is 4.11. The molecule has 1 unspecified atom stereocenters. The van der Waals surface area contributed by atoms with E-state index in [1.807, 2.05) is 20.0 Å². The van der Waals surface area contributed by atoms with Crippen molar-refractivity contribution in [3.05, 3.63) is 29.6 Å². The van der Waals surface area contributed by atoms with Crippen LogP contribution in [0.5, 0.6) is 0 Å². The van der Waals surface area contributed by atoms with Gasteiger partial charge in [-0.15, -0.1) is 0 Å². The number of hydrogen-bond acceptors (Lipinski definition) is 2. The zero-order chi connectivity index (χ0) is 13.0. The number of nitrogens with zero attached hydrogens (tertiary/aromatic N) is 1. The minimum absolute atomic E-state index is 0.0458. The Morgan fingerprint density at radius 3 is 2.44 bits per heavy atom. The van der Waals surface area contributed by atoms with Gasteiger partial charge in [0, 0.05) is 30.4 Å². The van der Waals surface area contributed by atoms with E-state index in [0.29, 0.717) is 0 Å². The SMILES string of the molecule is CNC(C)c1c(F)cccc1N1CCCCCC1. The molecule has 1 saturated heterocycles. The molecule has 1 fully saturated rings. The van der Waals surface area contributed by atoms with Crippen molar-refractivity contribution in [2.75, 3.05) is 25.0 Å². The molecule has 2 nitrogen and oxygen atoms in total. The molecule has 0 aliphatic carbocycles. The lowest BCUT2D eigenvalue weighted by Crippen LogP contribution is -2.27. The van der Waals surface area contributed by atoms with Crippen molar-refractivity contribution in [3.63, 3.8) is 0 Å². The number of hydrogen-bond donors (Lipinski definition) is 1. The van der Waals surface area contributed by atoms with E-state index in [2.05, 4.69) is 16.3 Å². The molecule has 0 amide bonds. The van der Waals surface area contributed by atoms with Gasteiger partial charge in [0.2, 0.25) is 0 Å². The van der Waals surface area contributed by atoms with Gasteiger partial charge < -0.3 is 10.2 Å². The van der Waals surface area contributed by atoms with Gasteiger partial charge in [-0.1, -0.05) is 18.9 Å². The van der Waals surface area contributed by atoms with Gasteiger partial charge in [0.1, 0.15) is 5.82 Å². The maximum absolute atomic E-state index is 14.1. The largest absolute Gasteiger partial charge is 0.371 e. The maximum Gasteiger partial charge on any atom is 0.130 e. The molecule has 1 aromatic carbocycles. The second-order valence-electron chi connectivity index (χ2n) is 5.08. The zero-order valence-electron chi connectivity index (χ0n) is 11.4. The summed E-state index contributed by atoms with van der Waals surface area (Å²) < 4.78 is 14.1. The van der Waals surface area contributed by atoms with E-state index in [-0.39, 0.29) is 11.9 Å². The van der Waals surface area contributed by atoms with Gasteiger partial charge in [-0.3, -0.25) is 0 Å². The minimum atomic E-state index is -0.0985. The van der Waals surface area contributed by atoms with Gasteiger partial charge in [0.15, 0.2) is 0 Å². The molecule has 1 atom stereocenters. The fraction of sp³-hybridized carbons (Fsp3) is 0.600. The molecule has 1 aliphatic heterocycles. The first kappa shape index (κ1) is 13.3. The molecule has 1 aromatic rings. The third kappa shape index (κ3) is 2.83. The third-order valence-electron chi connectivity index (χ3n) is 3.84. The minimum Gasteiger partial charge on any atom is -0.371 e. The third-order valence-corrected chi connectivity index (χ3v) is 3.84. The lowest BCUT2D eigenvalue weighted by atomic mass is 10.0. The van der Waals surface area contributed by atoms with Crippen LogP contribution in [0.15, 0.2) is 18.2 Å². The number of nitrogens with one attached hydrogen (secondary N) is 1. The Balaban J connectivity index is 2.33. The summed E-state index contributed by atoms with van der Waals surface area (Å²) >= 11 is 0. The summed E-state index contributed by atoms with van der Waals surface area (Å²) in [7, 11) is 1.88. The van der Waals surface area contributed by atoms with Gasteiger partial charge in [-0.05, 0) is 38.9 Å². The van der Waals surface area contributed by atoms with Crippen molar-refractivity contribution in [2.45, 2.75) is 38.6 Å². The van der Waals surface area contributed by atoms with Gasteiger partial charge in [-0.25, -0.2) is 4.39 Å². The quantitative estimate of drug-likeness (QED) is 0.883. The highest BCUT2D eigenvalue weighted by atomic mass is 19.1. The molecule has 3 heteroatoms. The second kappa shape index (κ2) is 6.19. The fourth-order valence-corrected chi connectivity index (χ4v) is 2.69. The van der Waals surface area contributed by atoms with Crippen LogP contribution >= 0.6 is 0 Å². The van der Waals surface area contributed by atoms with Crippen LogP contribution in [0.2, 0.25) is 0 Å². The van der Waals surface area contributed by atoms with E-state index in [0.717, 1.165) is 24.3 Å². The topological polar surface area (TPSA) is 15.3 Å². The van der Waals surface area contributed by atoms with Crippen LogP contribution in [-0.4, -0.2) is 20.1 Å².